The summed E-state index contributed by atoms with van der Waals surface area (Å²) in [6, 6.07) is 9.01. The molecule has 1 aromatic heterocycles. The molecule has 1 aliphatic rings. The summed E-state index contributed by atoms with van der Waals surface area (Å²) < 4.78 is 5.86. The summed E-state index contributed by atoms with van der Waals surface area (Å²) in [5.74, 6) is 1.06. The Bertz CT molecular complexity index is 555. The second-order valence-corrected chi connectivity index (χ2v) is 5.34. The van der Waals surface area contributed by atoms with Gasteiger partial charge in [-0.05, 0) is 32.5 Å². The zero-order valence-electron chi connectivity index (χ0n) is 11.8. The van der Waals surface area contributed by atoms with Crippen molar-refractivity contribution in [3.63, 3.8) is 0 Å². The van der Waals surface area contributed by atoms with Crippen molar-refractivity contribution in [1.29, 1.82) is 0 Å². The number of hydrogen-bond donors (Lipinski definition) is 1. The second-order valence-electron chi connectivity index (χ2n) is 5.34. The molecule has 1 atom stereocenters. The lowest BCUT2D eigenvalue weighted by Gasteiger charge is -2.26. The van der Waals surface area contributed by atoms with Crippen LogP contribution >= 0.6 is 0 Å². The minimum absolute atomic E-state index is 0.665. The third kappa shape index (κ3) is 2.40. The van der Waals surface area contributed by atoms with Crippen LogP contribution in [0.25, 0.3) is 11.0 Å². The van der Waals surface area contributed by atoms with E-state index in [0.717, 1.165) is 37.5 Å². The van der Waals surface area contributed by atoms with E-state index in [9.17, 15) is 0 Å². The van der Waals surface area contributed by atoms with Crippen LogP contribution in [0.4, 0.5) is 0 Å². The van der Waals surface area contributed by atoms with E-state index in [0.29, 0.717) is 6.04 Å². The maximum absolute atomic E-state index is 5.86. The molecule has 1 fully saturated rings. The van der Waals surface area contributed by atoms with Crippen LogP contribution in [-0.2, 0) is 6.54 Å². The lowest BCUT2D eigenvalue weighted by atomic mass is 10.1. The summed E-state index contributed by atoms with van der Waals surface area (Å²) in [7, 11) is 0. The number of nitrogens with one attached hydrogen (secondary N) is 1. The molecule has 1 aromatic carbocycles. The number of nitrogens with zero attached hydrogens (tertiary/aromatic N) is 1. The summed E-state index contributed by atoms with van der Waals surface area (Å²) in [6.45, 7) is 8.66. The molecule has 102 valence electrons. The van der Waals surface area contributed by atoms with Gasteiger partial charge in [-0.2, -0.15) is 0 Å². The van der Waals surface area contributed by atoms with Crippen LogP contribution in [0.3, 0.4) is 0 Å². The van der Waals surface area contributed by atoms with Gasteiger partial charge in [-0.1, -0.05) is 25.1 Å². The number of benzene rings is 1. The van der Waals surface area contributed by atoms with Crippen molar-refractivity contribution < 1.29 is 4.42 Å². The van der Waals surface area contributed by atoms with E-state index >= 15 is 0 Å². The van der Waals surface area contributed by atoms with Crippen molar-refractivity contribution in [3.05, 3.63) is 35.6 Å². The Morgan fingerprint density at radius 3 is 2.95 bits per heavy atom. The molecule has 1 aliphatic heterocycles. The third-order valence-electron chi connectivity index (χ3n) is 4.22. The molecule has 2 heterocycles. The van der Waals surface area contributed by atoms with Gasteiger partial charge in [-0.3, -0.25) is 4.90 Å². The quantitative estimate of drug-likeness (QED) is 0.914. The van der Waals surface area contributed by atoms with Gasteiger partial charge in [-0.25, -0.2) is 0 Å². The number of rotatable bonds is 4. The lowest BCUT2D eigenvalue weighted by Crippen LogP contribution is -2.36. The van der Waals surface area contributed by atoms with Gasteiger partial charge < -0.3 is 9.73 Å². The minimum Gasteiger partial charge on any atom is -0.461 e. The second kappa shape index (κ2) is 5.35. The molecule has 3 nitrogen and oxygen atoms in total. The van der Waals surface area contributed by atoms with Crippen LogP contribution in [0.15, 0.2) is 28.7 Å². The number of hydrogen-bond acceptors (Lipinski definition) is 3. The average molecular weight is 258 g/mol. The van der Waals surface area contributed by atoms with E-state index in [1.165, 1.54) is 17.4 Å². The fraction of sp³-hybridized carbons (Fsp3) is 0.500. The first-order valence-electron chi connectivity index (χ1n) is 7.21. The minimum atomic E-state index is 0.665. The zero-order valence-corrected chi connectivity index (χ0v) is 11.8. The largest absolute Gasteiger partial charge is 0.461 e. The van der Waals surface area contributed by atoms with Crippen LogP contribution in [0.1, 0.15) is 24.7 Å². The molecule has 3 heteroatoms. The summed E-state index contributed by atoms with van der Waals surface area (Å²) >= 11 is 0. The number of fused-ring (bicyclic) bond motifs is 1. The number of para-hydroxylation sites is 1. The van der Waals surface area contributed by atoms with Crippen LogP contribution in [0.2, 0.25) is 0 Å². The molecule has 0 spiro atoms. The summed E-state index contributed by atoms with van der Waals surface area (Å²) in [5.41, 5.74) is 2.36. The van der Waals surface area contributed by atoms with Crippen molar-refractivity contribution in [3.8, 4) is 0 Å². The van der Waals surface area contributed by atoms with Gasteiger partial charge in [0.1, 0.15) is 11.3 Å². The molecule has 0 bridgehead atoms. The third-order valence-corrected chi connectivity index (χ3v) is 4.22. The molecule has 1 N–H and O–H groups in total. The highest BCUT2D eigenvalue weighted by atomic mass is 16.3. The van der Waals surface area contributed by atoms with Crippen molar-refractivity contribution in [1.82, 2.24) is 10.2 Å². The molecule has 0 saturated carbocycles. The van der Waals surface area contributed by atoms with Gasteiger partial charge in [0.05, 0.1) is 0 Å². The van der Waals surface area contributed by atoms with E-state index in [2.05, 4.69) is 42.3 Å². The Morgan fingerprint density at radius 1 is 1.37 bits per heavy atom. The Balaban J connectivity index is 1.89. The summed E-state index contributed by atoms with van der Waals surface area (Å²) in [5, 5.41) is 4.72. The lowest BCUT2D eigenvalue weighted by molar-refractivity contribution is 0.210. The summed E-state index contributed by atoms with van der Waals surface area (Å²) in [6.07, 6.45) is 1.25. The molecule has 1 unspecified atom stereocenters. The monoisotopic (exact) mass is 258 g/mol. The van der Waals surface area contributed by atoms with E-state index in [-0.39, 0.29) is 0 Å². The topological polar surface area (TPSA) is 28.4 Å². The zero-order chi connectivity index (χ0) is 13.2. The van der Waals surface area contributed by atoms with Gasteiger partial charge in [0.2, 0.25) is 0 Å². The molecule has 0 radical (unpaired) electrons. The first-order valence-corrected chi connectivity index (χ1v) is 7.21. The van der Waals surface area contributed by atoms with Crippen LogP contribution in [-0.4, -0.2) is 30.6 Å². The van der Waals surface area contributed by atoms with Crippen molar-refractivity contribution in [2.45, 2.75) is 32.9 Å². The standard InChI is InChI=1S/C16H22N2O/c1-3-18(13-8-9-17-10-13)11-15-12(2)19-16-7-5-4-6-14(15)16/h4-7,13,17H,3,8-11H2,1-2H3. The molecule has 2 aromatic rings. The van der Waals surface area contributed by atoms with Crippen LogP contribution < -0.4 is 5.32 Å². The maximum atomic E-state index is 5.86. The van der Waals surface area contributed by atoms with Crippen LogP contribution in [0, 0.1) is 6.92 Å². The van der Waals surface area contributed by atoms with Crippen LogP contribution in [0.5, 0.6) is 0 Å². The van der Waals surface area contributed by atoms with Crippen molar-refractivity contribution >= 4 is 11.0 Å². The van der Waals surface area contributed by atoms with Gasteiger partial charge in [0, 0.05) is 30.1 Å². The highest BCUT2D eigenvalue weighted by molar-refractivity contribution is 5.82. The molecule has 1 saturated heterocycles. The molecular weight excluding hydrogens is 236 g/mol. The normalized spacial score (nSPS) is 19.6. The van der Waals surface area contributed by atoms with Gasteiger partial charge in [0.15, 0.2) is 0 Å². The maximum Gasteiger partial charge on any atom is 0.134 e. The highest BCUT2D eigenvalue weighted by Crippen LogP contribution is 2.27. The number of aryl methyl sites for hydroxylation is 1. The average Bonchev–Trinajstić information content (AvgIpc) is 3.04. The van der Waals surface area contributed by atoms with E-state index in [4.69, 9.17) is 4.42 Å². The number of likely N-dealkylation sites (N-methyl/N-ethyl adjacent to an activating group) is 1. The molecule has 19 heavy (non-hydrogen) atoms. The Labute approximate surface area is 114 Å². The van der Waals surface area contributed by atoms with Gasteiger partial charge >= 0.3 is 0 Å². The van der Waals surface area contributed by atoms with E-state index < -0.39 is 0 Å². The predicted octanol–water partition coefficient (Wildman–Crippen LogP) is 2.93. The molecule has 3 rings (SSSR count). The van der Waals surface area contributed by atoms with Gasteiger partial charge in [-0.15, -0.1) is 0 Å². The highest BCUT2D eigenvalue weighted by Gasteiger charge is 2.23. The smallest absolute Gasteiger partial charge is 0.134 e. The Kier molecular flexibility index (Phi) is 3.58. The SMILES string of the molecule is CCN(Cc1c(C)oc2ccccc12)C1CCNC1. The van der Waals surface area contributed by atoms with Gasteiger partial charge in [0.25, 0.3) is 0 Å². The molecule has 0 amide bonds. The summed E-state index contributed by atoms with van der Waals surface area (Å²) in [4.78, 5) is 2.56. The number of furan rings is 1. The van der Waals surface area contributed by atoms with E-state index in [1.54, 1.807) is 0 Å². The molecule has 0 aliphatic carbocycles. The van der Waals surface area contributed by atoms with Crippen molar-refractivity contribution in [2.24, 2.45) is 0 Å². The fourth-order valence-electron chi connectivity index (χ4n) is 3.07. The Morgan fingerprint density at radius 2 is 2.21 bits per heavy atom. The first-order chi connectivity index (χ1) is 9.29. The van der Waals surface area contributed by atoms with E-state index in [1.807, 2.05) is 6.07 Å². The fourth-order valence-corrected chi connectivity index (χ4v) is 3.07. The molecular formula is C16H22N2O. The predicted molar refractivity (Wildman–Crippen MR) is 78.3 cm³/mol. The van der Waals surface area contributed by atoms with Crippen molar-refractivity contribution in [2.75, 3.05) is 19.6 Å². The Hall–Kier alpha value is -1.32. The first kappa shape index (κ1) is 12.7.